The van der Waals surface area contributed by atoms with Gasteiger partial charge in [0.25, 0.3) is 0 Å². The lowest BCUT2D eigenvalue weighted by Crippen LogP contribution is -2.27. The van der Waals surface area contributed by atoms with Gasteiger partial charge in [-0.25, -0.2) is 0 Å². The molecule has 1 aromatic heterocycles. The number of carboxylic acids is 1. The van der Waals surface area contributed by atoms with Crippen molar-refractivity contribution < 1.29 is 18.1 Å². The molecular weight excluding hydrogens is 332 g/mol. The molecule has 0 aliphatic carbocycles. The fourth-order valence-corrected chi connectivity index (χ4v) is 3.33. The van der Waals surface area contributed by atoms with Crippen LogP contribution in [-0.2, 0) is 4.79 Å². The number of aromatic nitrogens is 1. The minimum Gasteiger partial charge on any atom is -0.480 e. The molecule has 0 aliphatic heterocycles. The van der Waals surface area contributed by atoms with Crippen molar-refractivity contribution in [3.63, 3.8) is 0 Å². The van der Waals surface area contributed by atoms with E-state index in [9.17, 15) is 15.2 Å². The number of carboxylic acid groups (broad SMARTS) is 1. The predicted molar refractivity (Wildman–Crippen MR) is 99.5 cm³/mol. The molecule has 124 valence electrons. The number of fused-ring (bicyclic) bond motifs is 1. The minimum absolute atomic E-state index is 0.138. The molecule has 0 unspecified atom stereocenters. The largest absolute Gasteiger partial charge is 0.480 e. The van der Waals surface area contributed by atoms with E-state index in [1.54, 1.807) is 36.4 Å². The van der Waals surface area contributed by atoms with Gasteiger partial charge in [-0.2, -0.15) is 5.26 Å². The summed E-state index contributed by atoms with van der Waals surface area (Å²) >= 11 is 0.269. The van der Waals surface area contributed by atoms with Gasteiger partial charge in [0.05, 0.1) is 11.6 Å². The number of rotatable bonds is 4. The van der Waals surface area contributed by atoms with Crippen LogP contribution < -0.4 is 0 Å². The van der Waals surface area contributed by atoms with Crippen LogP contribution in [0.15, 0.2) is 59.8 Å². The number of thioether (sulfide) groups is 1. The van der Waals surface area contributed by atoms with Crippen LogP contribution in [0.5, 0.6) is 0 Å². The smallest absolute Gasteiger partial charge is 0.319 e. The van der Waals surface area contributed by atoms with Crippen LogP contribution in [0.25, 0.3) is 21.9 Å². The number of nitriles is 1. The monoisotopic (exact) mass is 354 g/mol. The van der Waals surface area contributed by atoms with E-state index in [0.717, 1.165) is 0 Å². The molecule has 3 aromatic rings. The molecule has 5 heteroatoms. The fraction of sp³-hybridized carbons (Fsp3) is 0.150. The highest BCUT2D eigenvalue weighted by Gasteiger charge is 2.29. The lowest BCUT2D eigenvalue weighted by molar-refractivity contribution is -0.138. The van der Waals surface area contributed by atoms with Crippen LogP contribution in [0, 0.1) is 11.3 Å². The Morgan fingerprint density at radius 2 is 1.96 bits per heavy atom. The highest BCUT2D eigenvalue weighted by molar-refractivity contribution is 8.01. The molecule has 0 atom stereocenters. The number of pyridine rings is 1. The summed E-state index contributed by atoms with van der Waals surface area (Å²) in [6.07, 6.45) is 2.76. The third-order valence-electron chi connectivity index (χ3n) is 3.68. The second-order valence-electron chi connectivity index (χ2n) is 5.28. The van der Waals surface area contributed by atoms with Gasteiger partial charge in [0.1, 0.15) is 4.75 Å². The number of carbonyl (C=O) groups is 1. The summed E-state index contributed by atoms with van der Waals surface area (Å²) in [5, 5.41) is 20.5. The molecule has 4 nitrogen and oxygen atoms in total. The molecule has 0 radical (unpaired) electrons. The van der Waals surface area contributed by atoms with E-state index in [2.05, 4.69) is 11.1 Å². The molecular formula is C20H16N2O2S. The highest BCUT2D eigenvalue weighted by Crippen LogP contribution is 2.40. The number of aliphatic carboxylic acids is 1. The Balaban J connectivity index is 2.29. The summed E-state index contributed by atoms with van der Waals surface area (Å²) in [6.45, 7) is -6.66. The molecule has 0 amide bonds. The zero-order valence-electron chi connectivity index (χ0n) is 18.9. The number of benzene rings is 2. The van der Waals surface area contributed by atoms with Gasteiger partial charge in [0.2, 0.25) is 0 Å². The van der Waals surface area contributed by atoms with Crippen molar-refractivity contribution in [1.82, 2.24) is 4.98 Å². The molecule has 0 saturated heterocycles. The maximum atomic E-state index is 12.1. The molecule has 0 aliphatic rings. The van der Waals surface area contributed by atoms with Crippen LogP contribution in [0.4, 0.5) is 0 Å². The van der Waals surface area contributed by atoms with Gasteiger partial charge >= 0.3 is 5.97 Å². The summed E-state index contributed by atoms with van der Waals surface area (Å²) in [4.78, 5) is 16.3. The third-order valence-corrected chi connectivity index (χ3v) is 4.74. The van der Waals surface area contributed by atoms with E-state index in [-0.39, 0.29) is 16.7 Å². The molecule has 2 aromatic carbocycles. The average Bonchev–Trinajstić information content (AvgIpc) is 2.69. The quantitative estimate of drug-likeness (QED) is 0.686. The summed E-state index contributed by atoms with van der Waals surface area (Å²) in [5.41, 5.74) is 1.37. The van der Waals surface area contributed by atoms with Crippen LogP contribution in [-0.4, -0.2) is 20.8 Å². The second-order valence-corrected chi connectivity index (χ2v) is 6.53. The second kappa shape index (κ2) is 6.58. The van der Waals surface area contributed by atoms with E-state index in [0.29, 0.717) is 27.5 Å². The van der Waals surface area contributed by atoms with Crippen LogP contribution in [0.2, 0.25) is 0 Å². The van der Waals surface area contributed by atoms with Gasteiger partial charge in [-0.1, -0.05) is 30.3 Å². The van der Waals surface area contributed by atoms with Gasteiger partial charge in [0.15, 0.2) is 0 Å². The molecule has 0 bridgehead atoms. The maximum absolute atomic E-state index is 12.1. The van der Waals surface area contributed by atoms with Crippen LogP contribution >= 0.6 is 11.8 Å². The average molecular weight is 354 g/mol. The SMILES string of the molecule is [2H]C([2H])([2H])C(Sc1ccncc1-c1ccc(C#N)c2ccccc12)(C(=O)O)C([2H])([2H])[2H]. The molecule has 0 spiro atoms. The summed E-state index contributed by atoms with van der Waals surface area (Å²) < 4.78 is 43.4. The molecule has 1 heterocycles. The van der Waals surface area contributed by atoms with E-state index < -0.39 is 24.4 Å². The number of hydrogen-bond donors (Lipinski definition) is 1. The van der Waals surface area contributed by atoms with E-state index in [1.165, 1.54) is 18.5 Å². The Hall–Kier alpha value is -2.84. The molecule has 25 heavy (non-hydrogen) atoms. The van der Waals surface area contributed by atoms with Crippen LogP contribution in [0.1, 0.15) is 27.5 Å². The normalized spacial score (nSPS) is 15.8. The lowest BCUT2D eigenvalue weighted by atomic mass is 9.96. The van der Waals surface area contributed by atoms with E-state index in [1.807, 2.05) is 0 Å². The minimum atomic E-state index is -3.33. The number of nitrogens with zero attached hydrogens (tertiary/aromatic N) is 2. The van der Waals surface area contributed by atoms with Crippen molar-refractivity contribution in [3.05, 3.63) is 60.4 Å². The Labute approximate surface area is 158 Å². The van der Waals surface area contributed by atoms with Gasteiger partial charge in [-0.05, 0) is 36.8 Å². The molecule has 0 fully saturated rings. The molecule has 1 N–H and O–H groups in total. The van der Waals surface area contributed by atoms with Crippen molar-refractivity contribution in [1.29, 1.82) is 5.26 Å². The van der Waals surface area contributed by atoms with Crippen molar-refractivity contribution in [2.45, 2.75) is 23.3 Å². The lowest BCUT2D eigenvalue weighted by Gasteiger charge is -2.20. The van der Waals surface area contributed by atoms with Crippen molar-refractivity contribution in [2.75, 3.05) is 0 Å². The Morgan fingerprint density at radius 3 is 2.64 bits per heavy atom. The van der Waals surface area contributed by atoms with Crippen molar-refractivity contribution >= 4 is 28.5 Å². The molecule has 0 saturated carbocycles. The van der Waals surface area contributed by atoms with E-state index >= 15 is 0 Å². The Kier molecular flexibility index (Phi) is 2.87. The van der Waals surface area contributed by atoms with Gasteiger partial charge in [-0.3, -0.25) is 9.78 Å². The first kappa shape index (κ1) is 10.9. The topological polar surface area (TPSA) is 74.0 Å². The van der Waals surface area contributed by atoms with Gasteiger partial charge < -0.3 is 5.11 Å². The first-order valence-electron chi connectivity index (χ1n) is 10.2. The Morgan fingerprint density at radius 1 is 1.20 bits per heavy atom. The first-order chi connectivity index (χ1) is 14.4. The van der Waals surface area contributed by atoms with Gasteiger partial charge in [-0.15, -0.1) is 11.8 Å². The Bertz CT molecular complexity index is 1190. The fourth-order valence-electron chi connectivity index (χ4n) is 2.51. The van der Waals surface area contributed by atoms with Crippen molar-refractivity contribution in [2.24, 2.45) is 0 Å². The van der Waals surface area contributed by atoms with E-state index in [4.69, 9.17) is 8.22 Å². The third kappa shape index (κ3) is 3.21. The van der Waals surface area contributed by atoms with Crippen molar-refractivity contribution in [3.8, 4) is 17.2 Å². The summed E-state index contributed by atoms with van der Waals surface area (Å²) in [7, 11) is 0. The highest BCUT2D eigenvalue weighted by atomic mass is 32.2. The first-order valence-corrected chi connectivity index (χ1v) is 8.04. The zero-order chi connectivity index (χ0) is 23.0. The predicted octanol–water partition coefficient (Wildman–Crippen LogP) is 4.73. The number of hydrogen-bond acceptors (Lipinski definition) is 4. The van der Waals surface area contributed by atoms with Gasteiger partial charge in [0, 0.05) is 36.5 Å². The summed E-state index contributed by atoms with van der Waals surface area (Å²) in [6, 6.07) is 13.8. The standard InChI is InChI=1S/C20H16N2O2S/c1-20(2,19(23)24)25-18-9-10-22-12-17(18)16-8-7-13(11-21)14-5-3-4-6-15(14)16/h3-10,12H,1-2H3,(H,23,24)/i1D3,2D3. The maximum Gasteiger partial charge on any atom is 0.319 e. The summed E-state index contributed by atoms with van der Waals surface area (Å²) in [5.74, 6) is -1.95. The van der Waals surface area contributed by atoms with Crippen LogP contribution in [0.3, 0.4) is 0 Å². The zero-order valence-corrected chi connectivity index (χ0v) is 13.7. The molecule has 3 rings (SSSR count).